The molecule has 1 aromatic carbocycles. The summed E-state index contributed by atoms with van der Waals surface area (Å²) in [7, 11) is 0. The molecule has 1 aromatic rings. The minimum Gasteiger partial charge on any atom is -0.488 e. The molecule has 4 heteroatoms. The average Bonchev–Trinajstić information content (AvgIpc) is 2.94. The number of ether oxygens (including phenoxy) is 1. The summed E-state index contributed by atoms with van der Waals surface area (Å²) in [6.07, 6.45) is 3.52. The first-order chi connectivity index (χ1) is 8.76. The zero-order valence-corrected chi connectivity index (χ0v) is 11.9. The lowest BCUT2D eigenvalue weighted by Gasteiger charge is -2.25. The van der Waals surface area contributed by atoms with Gasteiger partial charge in [0, 0.05) is 23.5 Å². The molecule has 0 bridgehead atoms. The SMILES string of the molecule is OCC1CCCN1CC1Cc2cc(Br)ccc2O1. The summed E-state index contributed by atoms with van der Waals surface area (Å²) in [6, 6.07) is 6.53. The molecule has 0 saturated carbocycles. The fourth-order valence-electron chi connectivity index (χ4n) is 2.99. The van der Waals surface area contributed by atoms with E-state index in [0.717, 1.165) is 36.2 Å². The van der Waals surface area contributed by atoms with Crippen molar-refractivity contribution >= 4 is 15.9 Å². The molecular weight excluding hydrogens is 294 g/mol. The smallest absolute Gasteiger partial charge is 0.123 e. The topological polar surface area (TPSA) is 32.7 Å². The van der Waals surface area contributed by atoms with Gasteiger partial charge in [-0.25, -0.2) is 0 Å². The molecule has 1 fully saturated rings. The van der Waals surface area contributed by atoms with E-state index in [1.807, 2.05) is 12.1 Å². The van der Waals surface area contributed by atoms with E-state index in [4.69, 9.17) is 4.74 Å². The highest BCUT2D eigenvalue weighted by atomic mass is 79.9. The Labute approximate surface area is 116 Å². The second kappa shape index (κ2) is 5.19. The maximum absolute atomic E-state index is 9.33. The summed E-state index contributed by atoms with van der Waals surface area (Å²) in [5, 5.41) is 9.33. The molecular formula is C14H18BrNO2. The van der Waals surface area contributed by atoms with E-state index < -0.39 is 0 Å². The molecule has 3 nitrogen and oxygen atoms in total. The number of aliphatic hydroxyl groups excluding tert-OH is 1. The van der Waals surface area contributed by atoms with E-state index in [1.165, 1.54) is 12.0 Å². The van der Waals surface area contributed by atoms with E-state index in [9.17, 15) is 5.11 Å². The Bertz CT molecular complexity index is 438. The average molecular weight is 312 g/mol. The van der Waals surface area contributed by atoms with Gasteiger partial charge in [0.1, 0.15) is 11.9 Å². The fraction of sp³-hybridized carbons (Fsp3) is 0.571. The predicted molar refractivity (Wildman–Crippen MR) is 73.9 cm³/mol. The Morgan fingerprint density at radius 2 is 2.33 bits per heavy atom. The molecule has 18 heavy (non-hydrogen) atoms. The minimum atomic E-state index is 0.237. The molecule has 2 aliphatic heterocycles. The maximum atomic E-state index is 9.33. The zero-order valence-electron chi connectivity index (χ0n) is 10.3. The van der Waals surface area contributed by atoms with Gasteiger partial charge in [-0.05, 0) is 43.1 Å². The third kappa shape index (κ3) is 2.42. The fourth-order valence-corrected chi connectivity index (χ4v) is 3.40. The molecule has 1 saturated heterocycles. The van der Waals surface area contributed by atoms with Gasteiger partial charge in [-0.2, -0.15) is 0 Å². The number of hydrogen-bond donors (Lipinski definition) is 1. The van der Waals surface area contributed by atoms with Crippen molar-refractivity contribution in [1.82, 2.24) is 4.90 Å². The zero-order chi connectivity index (χ0) is 12.5. The van der Waals surface area contributed by atoms with E-state index in [2.05, 4.69) is 26.9 Å². The van der Waals surface area contributed by atoms with Crippen LogP contribution in [0.5, 0.6) is 5.75 Å². The van der Waals surface area contributed by atoms with Crippen molar-refractivity contribution in [3.05, 3.63) is 28.2 Å². The highest BCUT2D eigenvalue weighted by molar-refractivity contribution is 9.10. The Kier molecular flexibility index (Phi) is 3.59. The van der Waals surface area contributed by atoms with E-state index in [0.29, 0.717) is 6.04 Å². The van der Waals surface area contributed by atoms with Crippen LogP contribution < -0.4 is 4.74 Å². The molecule has 3 rings (SSSR count). The van der Waals surface area contributed by atoms with Gasteiger partial charge in [0.2, 0.25) is 0 Å². The quantitative estimate of drug-likeness (QED) is 0.929. The van der Waals surface area contributed by atoms with Crippen LogP contribution in [-0.2, 0) is 6.42 Å². The Hall–Kier alpha value is -0.580. The number of nitrogens with zero attached hydrogens (tertiary/aromatic N) is 1. The van der Waals surface area contributed by atoms with Crippen LogP contribution >= 0.6 is 15.9 Å². The summed E-state index contributed by atoms with van der Waals surface area (Å²) in [4.78, 5) is 2.37. The third-order valence-corrected chi connectivity index (χ3v) is 4.40. The molecule has 98 valence electrons. The summed E-state index contributed by atoms with van der Waals surface area (Å²) < 4.78 is 7.08. The number of aliphatic hydroxyl groups is 1. The maximum Gasteiger partial charge on any atom is 0.123 e. The van der Waals surface area contributed by atoms with Crippen LogP contribution in [0, 0.1) is 0 Å². The monoisotopic (exact) mass is 311 g/mol. The Morgan fingerprint density at radius 1 is 1.44 bits per heavy atom. The highest BCUT2D eigenvalue weighted by Gasteiger charge is 2.30. The van der Waals surface area contributed by atoms with Crippen molar-refractivity contribution in [2.75, 3.05) is 19.7 Å². The summed E-state index contributed by atoms with van der Waals surface area (Å²) in [5.41, 5.74) is 1.29. The molecule has 2 atom stereocenters. The van der Waals surface area contributed by atoms with E-state index in [1.54, 1.807) is 0 Å². The van der Waals surface area contributed by atoms with Gasteiger partial charge in [-0.3, -0.25) is 4.90 Å². The van der Waals surface area contributed by atoms with Gasteiger partial charge in [0.25, 0.3) is 0 Å². The van der Waals surface area contributed by atoms with Crippen LogP contribution in [0.4, 0.5) is 0 Å². The van der Waals surface area contributed by atoms with Crippen molar-refractivity contribution in [3.8, 4) is 5.75 Å². The first-order valence-corrected chi connectivity index (χ1v) is 7.35. The summed E-state index contributed by atoms with van der Waals surface area (Å²) in [6.45, 7) is 2.29. The van der Waals surface area contributed by atoms with Crippen LogP contribution in [0.3, 0.4) is 0 Å². The predicted octanol–water partition coefficient (Wildman–Crippen LogP) is 2.21. The van der Waals surface area contributed by atoms with Crippen molar-refractivity contribution in [2.45, 2.75) is 31.4 Å². The van der Waals surface area contributed by atoms with Gasteiger partial charge in [-0.15, -0.1) is 0 Å². The first-order valence-electron chi connectivity index (χ1n) is 6.56. The van der Waals surface area contributed by atoms with E-state index in [-0.39, 0.29) is 12.7 Å². The molecule has 1 N–H and O–H groups in total. The number of likely N-dealkylation sites (tertiary alicyclic amines) is 1. The standard InChI is InChI=1S/C14H18BrNO2/c15-11-3-4-14-10(6-11)7-13(18-14)8-16-5-1-2-12(16)9-17/h3-4,6,12-13,17H,1-2,5,7-9H2. The number of halogens is 1. The van der Waals surface area contributed by atoms with Gasteiger partial charge >= 0.3 is 0 Å². The van der Waals surface area contributed by atoms with Crippen molar-refractivity contribution in [2.24, 2.45) is 0 Å². The third-order valence-electron chi connectivity index (χ3n) is 3.91. The Morgan fingerprint density at radius 3 is 3.17 bits per heavy atom. The summed E-state index contributed by atoms with van der Waals surface area (Å²) in [5.74, 6) is 1.02. The van der Waals surface area contributed by atoms with Gasteiger partial charge < -0.3 is 9.84 Å². The molecule has 2 unspecified atom stereocenters. The van der Waals surface area contributed by atoms with Crippen molar-refractivity contribution < 1.29 is 9.84 Å². The van der Waals surface area contributed by atoms with Crippen molar-refractivity contribution in [1.29, 1.82) is 0 Å². The molecule has 0 aromatic heterocycles. The van der Waals surface area contributed by atoms with Crippen LogP contribution in [0.1, 0.15) is 18.4 Å². The molecule has 2 heterocycles. The normalized spacial score (nSPS) is 27.2. The highest BCUT2D eigenvalue weighted by Crippen LogP contribution is 2.32. The minimum absolute atomic E-state index is 0.237. The van der Waals surface area contributed by atoms with Gasteiger partial charge in [-0.1, -0.05) is 15.9 Å². The molecule has 0 spiro atoms. The lowest BCUT2D eigenvalue weighted by Crippen LogP contribution is -2.39. The lowest BCUT2D eigenvalue weighted by molar-refractivity contribution is 0.109. The van der Waals surface area contributed by atoms with Crippen LogP contribution in [0.2, 0.25) is 0 Å². The summed E-state index contributed by atoms with van der Waals surface area (Å²) >= 11 is 3.49. The van der Waals surface area contributed by atoms with Crippen molar-refractivity contribution in [3.63, 3.8) is 0 Å². The lowest BCUT2D eigenvalue weighted by atomic mass is 10.1. The second-order valence-electron chi connectivity index (χ2n) is 5.17. The number of hydrogen-bond acceptors (Lipinski definition) is 3. The number of benzene rings is 1. The largest absolute Gasteiger partial charge is 0.488 e. The van der Waals surface area contributed by atoms with Gasteiger partial charge in [0.15, 0.2) is 0 Å². The van der Waals surface area contributed by atoms with Gasteiger partial charge in [0.05, 0.1) is 6.61 Å². The first kappa shape index (κ1) is 12.5. The van der Waals surface area contributed by atoms with Crippen LogP contribution in [0.15, 0.2) is 22.7 Å². The molecule has 0 aliphatic carbocycles. The van der Waals surface area contributed by atoms with Crippen LogP contribution in [-0.4, -0.2) is 41.8 Å². The van der Waals surface area contributed by atoms with Crippen LogP contribution in [0.25, 0.3) is 0 Å². The number of fused-ring (bicyclic) bond motifs is 1. The van der Waals surface area contributed by atoms with E-state index >= 15 is 0 Å². The molecule has 2 aliphatic rings. The Balaban J connectivity index is 1.64. The second-order valence-corrected chi connectivity index (χ2v) is 6.09. The number of rotatable bonds is 3. The molecule has 0 amide bonds. The molecule has 0 radical (unpaired) electrons.